The van der Waals surface area contributed by atoms with Crippen LogP contribution in [-0.4, -0.2) is 29.2 Å². The molecule has 0 aromatic carbocycles. The lowest BCUT2D eigenvalue weighted by Gasteiger charge is -2.23. The van der Waals surface area contributed by atoms with E-state index in [1.165, 1.54) is 18.6 Å². The molecule has 4 heteroatoms. The molecular weight excluding hydrogens is 222 g/mol. The Kier molecular flexibility index (Phi) is 4.32. The van der Waals surface area contributed by atoms with Gasteiger partial charge in [-0.1, -0.05) is 0 Å². The van der Waals surface area contributed by atoms with Gasteiger partial charge in [0.2, 0.25) is 0 Å². The summed E-state index contributed by atoms with van der Waals surface area (Å²) in [4.78, 5) is 0. The maximum absolute atomic E-state index is 9.90. The van der Waals surface area contributed by atoms with Gasteiger partial charge in [-0.05, 0) is 37.7 Å². The zero-order valence-electron chi connectivity index (χ0n) is 9.61. The Morgan fingerprint density at radius 2 is 2.50 bits per heavy atom. The smallest absolute Gasteiger partial charge is 0.133 e. The van der Waals surface area contributed by atoms with Crippen molar-refractivity contribution in [3.8, 4) is 0 Å². The van der Waals surface area contributed by atoms with E-state index in [2.05, 4.69) is 5.32 Å². The molecule has 1 aliphatic rings. The van der Waals surface area contributed by atoms with Crippen molar-refractivity contribution < 1.29 is 9.52 Å². The van der Waals surface area contributed by atoms with Gasteiger partial charge in [0.1, 0.15) is 17.6 Å². The van der Waals surface area contributed by atoms with Crippen LogP contribution in [-0.2, 0) is 0 Å². The molecule has 1 saturated heterocycles. The van der Waals surface area contributed by atoms with Crippen molar-refractivity contribution in [3.63, 3.8) is 0 Å². The minimum absolute atomic E-state index is 0.527. The highest BCUT2D eigenvalue weighted by Gasteiger charge is 2.16. The molecule has 2 unspecified atom stereocenters. The number of furan rings is 1. The van der Waals surface area contributed by atoms with Crippen LogP contribution >= 0.6 is 11.8 Å². The molecule has 1 aliphatic heterocycles. The largest absolute Gasteiger partial charge is 0.464 e. The summed E-state index contributed by atoms with van der Waals surface area (Å²) in [6, 6.07) is 4.27. The second kappa shape index (κ2) is 5.75. The van der Waals surface area contributed by atoms with Gasteiger partial charge in [-0.15, -0.1) is 0 Å². The van der Waals surface area contributed by atoms with Crippen molar-refractivity contribution in [2.45, 2.75) is 31.9 Å². The van der Waals surface area contributed by atoms with Gasteiger partial charge >= 0.3 is 0 Å². The molecule has 2 heterocycles. The Morgan fingerprint density at radius 1 is 1.62 bits per heavy atom. The highest BCUT2D eigenvalue weighted by atomic mass is 32.2. The van der Waals surface area contributed by atoms with Crippen LogP contribution in [0.5, 0.6) is 0 Å². The summed E-state index contributed by atoms with van der Waals surface area (Å²) in [6.45, 7) is 2.47. The lowest BCUT2D eigenvalue weighted by molar-refractivity contribution is 0.142. The molecule has 0 amide bonds. The van der Waals surface area contributed by atoms with Gasteiger partial charge in [-0.2, -0.15) is 11.8 Å². The van der Waals surface area contributed by atoms with Crippen LogP contribution in [0.4, 0.5) is 0 Å². The first-order valence-electron chi connectivity index (χ1n) is 5.81. The third-order valence-corrected chi connectivity index (χ3v) is 4.07. The summed E-state index contributed by atoms with van der Waals surface area (Å²) in [7, 11) is 0. The normalized spacial score (nSPS) is 23.2. The molecule has 0 saturated carbocycles. The maximum Gasteiger partial charge on any atom is 0.133 e. The molecule has 90 valence electrons. The van der Waals surface area contributed by atoms with Crippen molar-refractivity contribution in [2.75, 3.05) is 18.1 Å². The molecule has 1 aromatic rings. The van der Waals surface area contributed by atoms with Crippen molar-refractivity contribution >= 4 is 11.8 Å². The van der Waals surface area contributed by atoms with E-state index in [0.29, 0.717) is 18.3 Å². The van der Waals surface area contributed by atoms with Crippen LogP contribution < -0.4 is 5.32 Å². The Bertz CT molecular complexity index is 321. The molecule has 1 aromatic heterocycles. The number of thioether (sulfide) groups is 1. The quantitative estimate of drug-likeness (QED) is 0.847. The topological polar surface area (TPSA) is 45.4 Å². The van der Waals surface area contributed by atoms with E-state index in [0.717, 1.165) is 11.5 Å². The summed E-state index contributed by atoms with van der Waals surface area (Å²) in [5, 5.41) is 13.3. The predicted molar refractivity (Wildman–Crippen MR) is 66.8 cm³/mol. The van der Waals surface area contributed by atoms with Crippen LogP contribution in [0.15, 0.2) is 16.5 Å². The van der Waals surface area contributed by atoms with Gasteiger partial charge in [0, 0.05) is 18.3 Å². The molecule has 0 radical (unpaired) electrons. The summed E-state index contributed by atoms with van der Waals surface area (Å²) in [5.41, 5.74) is 0. The average Bonchev–Trinajstić information content (AvgIpc) is 2.74. The van der Waals surface area contributed by atoms with E-state index in [-0.39, 0.29) is 0 Å². The molecule has 2 rings (SSSR count). The van der Waals surface area contributed by atoms with E-state index in [9.17, 15) is 5.11 Å². The highest BCUT2D eigenvalue weighted by Crippen LogP contribution is 2.19. The molecule has 0 bridgehead atoms. The number of hydrogen-bond acceptors (Lipinski definition) is 4. The van der Waals surface area contributed by atoms with Crippen LogP contribution in [0.2, 0.25) is 0 Å². The van der Waals surface area contributed by atoms with Crippen LogP contribution in [0.1, 0.15) is 30.5 Å². The van der Waals surface area contributed by atoms with Gasteiger partial charge in [-0.25, -0.2) is 0 Å². The summed E-state index contributed by atoms with van der Waals surface area (Å²) >= 11 is 1.99. The van der Waals surface area contributed by atoms with Crippen molar-refractivity contribution in [1.29, 1.82) is 0 Å². The second-order valence-electron chi connectivity index (χ2n) is 4.29. The fraction of sp³-hybridized carbons (Fsp3) is 0.667. The molecule has 3 nitrogen and oxygen atoms in total. The molecule has 16 heavy (non-hydrogen) atoms. The van der Waals surface area contributed by atoms with E-state index in [1.54, 1.807) is 0 Å². The van der Waals surface area contributed by atoms with E-state index in [4.69, 9.17) is 4.42 Å². The number of nitrogens with one attached hydrogen (secondary N) is 1. The molecule has 2 N–H and O–H groups in total. The number of aliphatic hydroxyl groups excluding tert-OH is 1. The van der Waals surface area contributed by atoms with Gasteiger partial charge in [0.25, 0.3) is 0 Å². The van der Waals surface area contributed by atoms with E-state index >= 15 is 0 Å². The molecule has 2 atom stereocenters. The first-order chi connectivity index (χ1) is 7.75. The minimum atomic E-state index is -0.527. The maximum atomic E-state index is 9.90. The Hall–Kier alpha value is -0.450. The van der Waals surface area contributed by atoms with E-state index < -0.39 is 6.10 Å². The third-order valence-electron chi connectivity index (χ3n) is 2.85. The summed E-state index contributed by atoms with van der Waals surface area (Å²) in [6.07, 6.45) is 1.97. The summed E-state index contributed by atoms with van der Waals surface area (Å²) in [5.74, 6) is 3.94. The van der Waals surface area contributed by atoms with Gasteiger partial charge in [0.15, 0.2) is 0 Å². The Balaban J connectivity index is 1.76. The van der Waals surface area contributed by atoms with Gasteiger partial charge < -0.3 is 14.8 Å². The first-order valence-corrected chi connectivity index (χ1v) is 6.96. The zero-order chi connectivity index (χ0) is 11.4. The molecule has 0 aliphatic carbocycles. The fourth-order valence-electron chi connectivity index (χ4n) is 1.91. The number of rotatable bonds is 4. The molecule has 0 spiro atoms. The van der Waals surface area contributed by atoms with Crippen LogP contribution in [0, 0.1) is 6.92 Å². The monoisotopic (exact) mass is 241 g/mol. The average molecular weight is 241 g/mol. The number of aliphatic hydroxyl groups is 1. The number of hydrogen-bond donors (Lipinski definition) is 2. The number of aryl methyl sites for hydroxylation is 1. The lowest BCUT2D eigenvalue weighted by Crippen LogP contribution is -2.36. The predicted octanol–water partition coefficient (Wildman–Crippen LogP) is 2.11. The highest BCUT2D eigenvalue weighted by molar-refractivity contribution is 7.99. The van der Waals surface area contributed by atoms with Crippen LogP contribution in [0.25, 0.3) is 0 Å². The third kappa shape index (κ3) is 3.27. The minimum Gasteiger partial charge on any atom is -0.464 e. The zero-order valence-corrected chi connectivity index (χ0v) is 10.4. The Morgan fingerprint density at radius 3 is 3.12 bits per heavy atom. The van der Waals surface area contributed by atoms with E-state index in [1.807, 2.05) is 30.8 Å². The van der Waals surface area contributed by atoms with Gasteiger partial charge in [-0.3, -0.25) is 0 Å². The summed E-state index contributed by atoms with van der Waals surface area (Å²) < 4.78 is 5.39. The second-order valence-corrected chi connectivity index (χ2v) is 5.44. The van der Waals surface area contributed by atoms with Gasteiger partial charge in [0.05, 0.1) is 0 Å². The lowest BCUT2D eigenvalue weighted by atomic mass is 10.1. The van der Waals surface area contributed by atoms with Crippen molar-refractivity contribution in [3.05, 3.63) is 23.7 Å². The Labute approximate surface area is 101 Å². The van der Waals surface area contributed by atoms with Crippen LogP contribution in [0.3, 0.4) is 0 Å². The van der Waals surface area contributed by atoms with Crippen molar-refractivity contribution in [1.82, 2.24) is 5.32 Å². The first kappa shape index (κ1) is 12.0. The SMILES string of the molecule is Cc1ccc(C(O)CNC2CCCSC2)o1. The fourth-order valence-corrected chi connectivity index (χ4v) is 3.02. The molecular formula is C12H19NO2S. The molecule has 1 fully saturated rings. The standard InChI is InChI=1S/C12H19NO2S/c1-9-4-5-12(15-9)11(14)7-13-10-3-2-6-16-8-10/h4-5,10-11,13-14H,2-3,6-8H2,1H3. The van der Waals surface area contributed by atoms with Crippen molar-refractivity contribution in [2.24, 2.45) is 0 Å².